The summed E-state index contributed by atoms with van der Waals surface area (Å²) >= 11 is 0. The summed E-state index contributed by atoms with van der Waals surface area (Å²) in [6, 6.07) is 0. The monoisotopic (exact) mass is 304 g/mol. The highest BCUT2D eigenvalue weighted by molar-refractivity contribution is 5.79. The quantitative estimate of drug-likeness (QED) is 0.691. The number of ether oxygens (including phenoxy) is 3. The van der Waals surface area contributed by atoms with Crippen molar-refractivity contribution in [1.29, 1.82) is 0 Å². The molecule has 5 heterocycles. The smallest absolute Gasteiger partial charge is 0.263 e. The summed E-state index contributed by atoms with van der Waals surface area (Å²) in [7, 11) is 0. The van der Waals surface area contributed by atoms with Crippen LogP contribution in [-0.2, 0) is 20.8 Å². The van der Waals surface area contributed by atoms with E-state index in [2.05, 4.69) is 14.5 Å². The van der Waals surface area contributed by atoms with Crippen LogP contribution < -0.4 is 10.3 Å². The topological polar surface area (TPSA) is 88.3 Å². The summed E-state index contributed by atoms with van der Waals surface area (Å²) in [5.74, 6) is 0.696. The van der Waals surface area contributed by atoms with Crippen LogP contribution >= 0.6 is 0 Å². The third-order valence-corrected chi connectivity index (χ3v) is 4.70. The third kappa shape index (κ3) is 1.44. The van der Waals surface area contributed by atoms with Gasteiger partial charge in [-0.2, -0.15) is 0 Å². The Morgan fingerprint density at radius 3 is 2.95 bits per heavy atom. The Hall–Kier alpha value is -1.77. The van der Waals surface area contributed by atoms with Gasteiger partial charge in [0.25, 0.3) is 5.65 Å². The highest BCUT2D eigenvalue weighted by Crippen LogP contribution is 2.44. The van der Waals surface area contributed by atoms with E-state index in [1.807, 2.05) is 25.3 Å². The predicted molar refractivity (Wildman–Crippen MR) is 74.6 cm³/mol. The van der Waals surface area contributed by atoms with Crippen LogP contribution in [0.1, 0.15) is 25.9 Å². The Morgan fingerprint density at radius 2 is 2.14 bits per heavy atom. The maximum Gasteiger partial charge on any atom is 0.263 e. The van der Waals surface area contributed by atoms with E-state index in [1.165, 1.54) is 0 Å². The number of aromatic nitrogens is 4. The van der Waals surface area contributed by atoms with Crippen LogP contribution in [0, 0.1) is 6.92 Å². The SMILES string of the molecule is Cc1nc(N)c2ncn3c2[n+]1C[C@H]1O[C@H]3C2OC(C)(C)O[C@H]21. The highest BCUT2D eigenvalue weighted by atomic mass is 16.8. The summed E-state index contributed by atoms with van der Waals surface area (Å²) in [6.07, 6.45) is 1.20. The number of imidazole rings is 1. The van der Waals surface area contributed by atoms with Crippen LogP contribution in [0.3, 0.4) is 0 Å². The maximum atomic E-state index is 6.19. The summed E-state index contributed by atoms with van der Waals surface area (Å²) in [5.41, 5.74) is 7.66. The minimum absolute atomic E-state index is 0.0750. The molecular formula is C14H18N5O3+. The lowest BCUT2D eigenvalue weighted by Crippen LogP contribution is -2.49. The second kappa shape index (κ2) is 3.76. The van der Waals surface area contributed by atoms with Crippen molar-refractivity contribution in [2.45, 2.75) is 57.6 Å². The Bertz CT molecular complexity index is 801. The third-order valence-electron chi connectivity index (χ3n) is 4.70. The van der Waals surface area contributed by atoms with Crippen molar-refractivity contribution in [3.63, 3.8) is 0 Å². The molecule has 2 N–H and O–H groups in total. The second-order valence-electron chi connectivity index (χ2n) is 6.61. The molecule has 5 rings (SSSR count). The molecule has 2 aromatic heterocycles. The molecule has 0 spiro atoms. The molecule has 0 aliphatic carbocycles. The molecule has 0 radical (unpaired) electrons. The molecule has 8 nitrogen and oxygen atoms in total. The van der Waals surface area contributed by atoms with Crippen LogP contribution in [0.25, 0.3) is 11.2 Å². The van der Waals surface area contributed by atoms with Crippen molar-refractivity contribution in [1.82, 2.24) is 14.5 Å². The standard InChI is InChI=1S/C14H17N5O3/c1-6-17-11(15)8-12-18(6)4-7-9-10(22-14(2,3)21-9)13(20-7)19(12)5-16-8/h5,7,9-10,13,15H,4H2,1-3H3/p+1/t7-,9+,10?,13+/m1/s1. The summed E-state index contributed by atoms with van der Waals surface area (Å²) in [5, 5.41) is 0. The molecule has 22 heavy (non-hydrogen) atoms. The van der Waals surface area contributed by atoms with Crippen molar-refractivity contribution in [2.75, 3.05) is 5.73 Å². The lowest BCUT2D eigenvalue weighted by atomic mass is 10.1. The van der Waals surface area contributed by atoms with Crippen LogP contribution in [0.5, 0.6) is 0 Å². The van der Waals surface area contributed by atoms with Crippen molar-refractivity contribution < 1.29 is 18.8 Å². The first-order valence-electron chi connectivity index (χ1n) is 7.48. The van der Waals surface area contributed by atoms with Crippen molar-refractivity contribution >= 4 is 17.0 Å². The lowest BCUT2D eigenvalue weighted by molar-refractivity contribution is -0.688. The van der Waals surface area contributed by atoms with Crippen LogP contribution in [0.15, 0.2) is 6.33 Å². The zero-order valence-corrected chi connectivity index (χ0v) is 12.7. The maximum absolute atomic E-state index is 6.19. The van der Waals surface area contributed by atoms with Gasteiger partial charge in [0.1, 0.15) is 24.9 Å². The van der Waals surface area contributed by atoms with E-state index in [0.29, 0.717) is 17.9 Å². The van der Waals surface area contributed by atoms with Crippen LogP contribution in [-0.4, -0.2) is 38.6 Å². The molecule has 8 heteroatoms. The molecule has 2 fully saturated rings. The number of fused-ring (bicyclic) bond motifs is 6. The minimum Gasteiger partial charge on any atom is -0.368 e. The molecule has 2 aromatic rings. The fourth-order valence-corrected chi connectivity index (χ4v) is 3.86. The fraction of sp³-hybridized carbons (Fsp3) is 0.643. The Labute approximate surface area is 126 Å². The number of nitrogens with zero attached hydrogens (tertiary/aromatic N) is 4. The molecule has 4 atom stereocenters. The van der Waals surface area contributed by atoms with Gasteiger partial charge in [-0.1, -0.05) is 4.98 Å². The first kappa shape index (κ1) is 12.7. The minimum atomic E-state index is -0.594. The van der Waals surface area contributed by atoms with Crippen molar-refractivity contribution in [3.05, 3.63) is 12.2 Å². The van der Waals surface area contributed by atoms with Crippen LogP contribution in [0.2, 0.25) is 0 Å². The Kier molecular flexibility index (Phi) is 2.18. The van der Waals surface area contributed by atoms with E-state index in [0.717, 1.165) is 11.5 Å². The van der Waals surface area contributed by atoms with E-state index < -0.39 is 5.79 Å². The summed E-state index contributed by atoms with van der Waals surface area (Å²) in [4.78, 5) is 8.81. The van der Waals surface area contributed by atoms with Gasteiger partial charge in [-0.15, -0.1) is 0 Å². The van der Waals surface area contributed by atoms with Crippen molar-refractivity contribution in [3.8, 4) is 0 Å². The molecule has 116 valence electrons. The Balaban J connectivity index is 1.75. The molecule has 2 bridgehead atoms. The van der Waals surface area contributed by atoms with Crippen LogP contribution in [0.4, 0.5) is 5.82 Å². The zero-order chi connectivity index (χ0) is 15.2. The average Bonchev–Trinajstić information content (AvgIpc) is 3.03. The van der Waals surface area contributed by atoms with Crippen molar-refractivity contribution in [2.24, 2.45) is 0 Å². The first-order chi connectivity index (χ1) is 10.4. The molecule has 2 saturated heterocycles. The second-order valence-corrected chi connectivity index (χ2v) is 6.61. The molecule has 0 saturated carbocycles. The van der Waals surface area contributed by atoms with E-state index in [1.54, 1.807) is 6.33 Å². The summed E-state index contributed by atoms with van der Waals surface area (Å²) in [6.45, 7) is 6.47. The molecule has 0 aromatic carbocycles. The van der Waals surface area contributed by atoms with Gasteiger partial charge in [0.2, 0.25) is 17.9 Å². The first-order valence-corrected chi connectivity index (χ1v) is 7.48. The molecule has 0 amide bonds. The number of aryl methyl sites for hydroxylation is 1. The van der Waals surface area contributed by atoms with Gasteiger partial charge in [-0.3, -0.25) is 0 Å². The highest BCUT2D eigenvalue weighted by Gasteiger charge is 2.59. The summed E-state index contributed by atoms with van der Waals surface area (Å²) < 4.78 is 22.4. The van der Waals surface area contributed by atoms with Gasteiger partial charge >= 0.3 is 0 Å². The van der Waals surface area contributed by atoms with Gasteiger partial charge in [0.05, 0.1) is 0 Å². The normalized spacial score (nSPS) is 34.9. The molecule has 3 aliphatic heterocycles. The van der Waals surface area contributed by atoms with E-state index in [4.69, 9.17) is 19.9 Å². The molecular weight excluding hydrogens is 286 g/mol. The number of hydrogen-bond acceptors (Lipinski definition) is 6. The van der Waals surface area contributed by atoms with E-state index in [-0.39, 0.29) is 24.5 Å². The number of nitrogen functional groups attached to an aromatic ring is 1. The lowest BCUT2D eigenvalue weighted by Gasteiger charge is -2.21. The van der Waals surface area contributed by atoms with Gasteiger partial charge in [0.15, 0.2) is 17.6 Å². The number of nitrogens with two attached hydrogens (primary N) is 1. The van der Waals surface area contributed by atoms with Gasteiger partial charge < -0.3 is 19.9 Å². The van der Waals surface area contributed by atoms with Gasteiger partial charge in [0, 0.05) is 6.92 Å². The van der Waals surface area contributed by atoms with Gasteiger partial charge in [-0.25, -0.2) is 14.1 Å². The fourth-order valence-electron chi connectivity index (χ4n) is 3.86. The largest absolute Gasteiger partial charge is 0.368 e. The average molecular weight is 304 g/mol. The number of hydrogen-bond donors (Lipinski definition) is 1. The Morgan fingerprint density at radius 1 is 1.36 bits per heavy atom. The van der Waals surface area contributed by atoms with Gasteiger partial charge in [-0.05, 0) is 13.8 Å². The van der Waals surface area contributed by atoms with E-state index in [9.17, 15) is 0 Å². The van der Waals surface area contributed by atoms with E-state index >= 15 is 0 Å². The molecule has 3 aliphatic rings. The predicted octanol–water partition coefficient (Wildman–Crippen LogP) is 0.0405. The number of rotatable bonds is 0. The zero-order valence-electron chi connectivity index (χ0n) is 12.7. The number of anilines is 1. The molecule has 1 unspecified atom stereocenters.